The van der Waals surface area contributed by atoms with Gasteiger partial charge in [-0.3, -0.25) is 5.43 Å². The number of nitrogens with one attached hydrogen (secondary N) is 2. The number of hydrazone groups is 1. The van der Waals surface area contributed by atoms with Crippen molar-refractivity contribution >= 4 is 23.0 Å². The lowest BCUT2D eigenvalue weighted by Crippen LogP contribution is -2.33. The zero-order chi connectivity index (χ0) is 14.9. The van der Waals surface area contributed by atoms with Crippen molar-refractivity contribution in [2.45, 2.75) is 51.4 Å². The molecule has 0 aromatic heterocycles. The molecule has 0 radical (unpaired) electrons. The van der Waals surface area contributed by atoms with Crippen LogP contribution in [0.4, 0.5) is 0 Å². The SMILES string of the molecule is CCCCNC(=S)NN=C1CCC(c2ccccc2)CC1. The average molecular weight is 303 g/mol. The Labute approximate surface area is 133 Å². The number of rotatable bonds is 5. The van der Waals surface area contributed by atoms with Gasteiger partial charge in [0, 0.05) is 12.3 Å². The first-order valence-electron chi connectivity index (χ1n) is 7.93. The Morgan fingerprint density at radius 2 is 1.95 bits per heavy atom. The van der Waals surface area contributed by atoms with Crippen molar-refractivity contribution in [1.82, 2.24) is 10.7 Å². The molecular weight excluding hydrogens is 278 g/mol. The lowest BCUT2D eigenvalue weighted by atomic mass is 9.83. The van der Waals surface area contributed by atoms with E-state index in [-0.39, 0.29) is 0 Å². The fraction of sp³-hybridized carbons (Fsp3) is 0.529. The van der Waals surface area contributed by atoms with Crippen LogP contribution in [0.1, 0.15) is 56.9 Å². The van der Waals surface area contributed by atoms with Gasteiger partial charge in [-0.15, -0.1) is 0 Å². The van der Waals surface area contributed by atoms with Gasteiger partial charge in [-0.2, -0.15) is 5.10 Å². The van der Waals surface area contributed by atoms with E-state index in [0.717, 1.165) is 25.8 Å². The molecule has 21 heavy (non-hydrogen) atoms. The smallest absolute Gasteiger partial charge is 0.186 e. The van der Waals surface area contributed by atoms with Crippen molar-refractivity contribution in [3.05, 3.63) is 35.9 Å². The minimum Gasteiger partial charge on any atom is -0.361 e. The predicted molar refractivity (Wildman–Crippen MR) is 93.7 cm³/mol. The minimum atomic E-state index is 0.640. The average Bonchev–Trinajstić information content (AvgIpc) is 2.54. The van der Waals surface area contributed by atoms with Crippen LogP contribution in [0.25, 0.3) is 0 Å². The number of thiocarbonyl (C=S) groups is 1. The Kier molecular flexibility index (Phi) is 6.67. The first-order chi connectivity index (χ1) is 10.3. The summed E-state index contributed by atoms with van der Waals surface area (Å²) >= 11 is 5.21. The molecule has 0 amide bonds. The van der Waals surface area contributed by atoms with E-state index in [0.29, 0.717) is 11.0 Å². The number of unbranched alkanes of at least 4 members (excludes halogenated alkanes) is 1. The topological polar surface area (TPSA) is 36.4 Å². The third-order valence-electron chi connectivity index (χ3n) is 3.97. The molecule has 4 heteroatoms. The van der Waals surface area contributed by atoms with Gasteiger partial charge in [0.2, 0.25) is 0 Å². The van der Waals surface area contributed by atoms with Gasteiger partial charge in [0.1, 0.15) is 0 Å². The summed E-state index contributed by atoms with van der Waals surface area (Å²) in [6.07, 6.45) is 6.79. The molecule has 1 aliphatic rings. The summed E-state index contributed by atoms with van der Waals surface area (Å²) in [6, 6.07) is 10.8. The van der Waals surface area contributed by atoms with Crippen molar-refractivity contribution in [3.63, 3.8) is 0 Å². The second-order valence-corrected chi connectivity index (χ2v) is 5.99. The van der Waals surface area contributed by atoms with Gasteiger partial charge in [0.05, 0.1) is 0 Å². The molecule has 2 rings (SSSR count). The van der Waals surface area contributed by atoms with E-state index in [1.165, 1.54) is 30.5 Å². The van der Waals surface area contributed by atoms with Gasteiger partial charge in [-0.1, -0.05) is 43.7 Å². The maximum atomic E-state index is 5.21. The summed E-state index contributed by atoms with van der Waals surface area (Å²) < 4.78 is 0. The van der Waals surface area contributed by atoms with Gasteiger partial charge in [-0.25, -0.2) is 0 Å². The van der Waals surface area contributed by atoms with Crippen molar-refractivity contribution < 1.29 is 0 Å². The summed E-state index contributed by atoms with van der Waals surface area (Å²) in [7, 11) is 0. The molecule has 1 saturated carbocycles. The van der Waals surface area contributed by atoms with Crippen molar-refractivity contribution in [1.29, 1.82) is 0 Å². The molecule has 1 aromatic rings. The van der Waals surface area contributed by atoms with Crippen LogP contribution in [-0.4, -0.2) is 17.4 Å². The Bertz CT molecular complexity index is 460. The fourth-order valence-electron chi connectivity index (χ4n) is 2.67. The maximum absolute atomic E-state index is 5.21. The first kappa shape index (κ1) is 16.0. The zero-order valence-electron chi connectivity index (χ0n) is 12.8. The number of nitrogens with zero attached hydrogens (tertiary/aromatic N) is 1. The third-order valence-corrected chi connectivity index (χ3v) is 4.20. The van der Waals surface area contributed by atoms with E-state index in [4.69, 9.17) is 12.2 Å². The van der Waals surface area contributed by atoms with Gasteiger partial charge < -0.3 is 5.32 Å². The Hall–Kier alpha value is -1.42. The third kappa shape index (κ3) is 5.46. The molecule has 3 nitrogen and oxygen atoms in total. The van der Waals surface area contributed by atoms with Crippen LogP contribution in [0.2, 0.25) is 0 Å². The van der Waals surface area contributed by atoms with Gasteiger partial charge in [0.25, 0.3) is 0 Å². The lowest BCUT2D eigenvalue weighted by Gasteiger charge is -2.23. The molecule has 0 aliphatic heterocycles. The van der Waals surface area contributed by atoms with Crippen molar-refractivity contribution in [2.75, 3.05) is 6.54 Å². The number of benzene rings is 1. The van der Waals surface area contributed by atoms with E-state index in [9.17, 15) is 0 Å². The standard InChI is InChI=1S/C17H25N3S/c1-2-3-13-18-17(21)20-19-16-11-9-15(10-12-16)14-7-5-4-6-8-14/h4-8,15H,2-3,9-13H2,1H3,(H2,18,20,21). The Morgan fingerprint density at radius 1 is 1.24 bits per heavy atom. The molecule has 0 saturated heterocycles. The van der Waals surface area contributed by atoms with Gasteiger partial charge >= 0.3 is 0 Å². The van der Waals surface area contributed by atoms with Crippen LogP contribution in [-0.2, 0) is 0 Å². The summed E-state index contributed by atoms with van der Waals surface area (Å²) in [5, 5.41) is 8.26. The van der Waals surface area contributed by atoms with Crippen LogP contribution < -0.4 is 10.7 Å². The second-order valence-electron chi connectivity index (χ2n) is 5.58. The van der Waals surface area contributed by atoms with Crippen molar-refractivity contribution in [2.24, 2.45) is 5.10 Å². The maximum Gasteiger partial charge on any atom is 0.186 e. The van der Waals surface area contributed by atoms with Crippen LogP contribution >= 0.6 is 12.2 Å². The molecule has 0 spiro atoms. The Balaban J connectivity index is 1.73. The van der Waals surface area contributed by atoms with E-state index in [1.54, 1.807) is 0 Å². The summed E-state index contributed by atoms with van der Waals surface area (Å²) in [5.74, 6) is 0.680. The Morgan fingerprint density at radius 3 is 2.62 bits per heavy atom. The summed E-state index contributed by atoms with van der Waals surface area (Å²) in [6.45, 7) is 3.09. The normalized spacial score (nSPS) is 18.1. The highest BCUT2D eigenvalue weighted by Gasteiger charge is 2.18. The van der Waals surface area contributed by atoms with Gasteiger partial charge in [0.15, 0.2) is 5.11 Å². The number of hydrogen-bond acceptors (Lipinski definition) is 2. The highest BCUT2D eigenvalue weighted by molar-refractivity contribution is 7.80. The van der Waals surface area contributed by atoms with Crippen LogP contribution in [0.15, 0.2) is 35.4 Å². The zero-order valence-corrected chi connectivity index (χ0v) is 13.6. The van der Waals surface area contributed by atoms with Crippen LogP contribution in [0.3, 0.4) is 0 Å². The van der Waals surface area contributed by atoms with Gasteiger partial charge in [-0.05, 0) is 55.8 Å². The summed E-state index contributed by atoms with van der Waals surface area (Å²) in [5.41, 5.74) is 5.67. The fourth-order valence-corrected chi connectivity index (χ4v) is 2.82. The molecule has 0 heterocycles. The quantitative estimate of drug-likeness (QED) is 0.491. The van der Waals surface area contributed by atoms with Crippen molar-refractivity contribution in [3.8, 4) is 0 Å². The van der Waals surface area contributed by atoms with Crippen LogP contribution in [0.5, 0.6) is 0 Å². The highest BCUT2D eigenvalue weighted by Crippen LogP contribution is 2.31. The monoisotopic (exact) mass is 303 g/mol. The minimum absolute atomic E-state index is 0.640. The molecule has 2 N–H and O–H groups in total. The molecular formula is C17H25N3S. The van der Waals surface area contributed by atoms with E-state index in [2.05, 4.69) is 53.1 Å². The molecule has 1 fully saturated rings. The molecule has 1 aliphatic carbocycles. The van der Waals surface area contributed by atoms with E-state index >= 15 is 0 Å². The van der Waals surface area contributed by atoms with E-state index in [1.807, 2.05) is 0 Å². The predicted octanol–water partition coefficient (Wildman–Crippen LogP) is 3.96. The van der Waals surface area contributed by atoms with Crippen LogP contribution in [0, 0.1) is 0 Å². The second kappa shape index (κ2) is 8.78. The molecule has 0 bridgehead atoms. The molecule has 114 valence electrons. The van der Waals surface area contributed by atoms with E-state index < -0.39 is 0 Å². The summed E-state index contributed by atoms with van der Waals surface area (Å²) in [4.78, 5) is 0. The largest absolute Gasteiger partial charge is 0.361 e. The number of hydrogen-bond donors (Lipinski definition) is 2. The molecule has 0 atom stereocenters. The molecule has 1 aromatic carbocycles. The lowest BCUT2D eigenvalue weighted by molar-refractivity contribution is 0.563. The molecule has 0 unspecified atom stereocenters. The highest BCUT2D eigenvalue weighted by atomic mass is 32.1. The first-order valence-corrected chi connectivity index (χ1v) is 8.34.